The molecular weight excluding hydrogens is 276 g/mol. The number of carbonyl (C=O) groups is 1. The Morgan fingerprint density at radius 1 is 1.27 bits per heavy atom. The summed E-state index contributed by atoms with van der Waals surface area (Å²) in [6.07, 6.45) is 0. The second-order valence-electron chi connectivity index (χ2n) is 5.42. The fourth-order valence-corrected chi connectivity index (χ4v) is 2.17. The van der Waals surface area contributed by atoms with E-state index >= 15 is 0 Å². The van der Waals surface area contributed by atoms with Gasteiger partial charge in [-0.05, 0) is 37.6 Å². The number of aliphatic hydroxyl groups is 1. The molecule has 0 spiro atoms. The number of hydrogen-bond acceptors (Lipinski definition) is 4. The minimum atomic E-state index is -1.08. The maximum absolute atomic E-state index is 11.5. The van der Waals surface area contributed by atoms with Crippen molar-refractivity contribution in [2.75, 3.05) is 11.9 Å². The molecular formula is C18H18N2O2. The third-order valence-corrected chi connectivity index (χ3v) is 3.57. The molecule has 2 N–H and O–H groups in total. The lowest BCUT2D eigenvalue weighted by Crippen LogP contribution is -2.30. The van der Waals surface area contributed by atoms with Crippen molar-refractivity contribution in [1.82, 2.24) is 0 Å². The van der Waals surface area contributed by atoms with E-state index in [1.165, 1.54) is 6.92 Å². The van der Waals surface area contributed by atoms with Gasteiger partial charge in [-0.2, -0.15) is 5.26 Å². The summed E-state index contributed by atoms with van der Waals surface area (Å²) in [5, 5.41) is 22.8. The monoisotopic (exact) mass is 294 g/mol. The number of nitrogens with zero attached hydrogens (tertiary/aromatic N) is 1. The minimum absolute atomic E-state index is 0.0673. The van der Waals surface area contributed by atoms with Crippen LogP contribution in [0, 0.1) is 11.3 Å². The maximum atomic E-state index is 11.5. The number of benzene rings is 2. The average molecular weight is 294 g/mol. The molecule has 0 fully saturated rings. The van der Waals surface area contributed by atoms with Crippen LogP contribution in [0.4, 0.5) is 5.69 Å². The van der Waals surface area contributed by atoms with Crippen molar-refractivity contribution in [3.63, 3.8) is 0 Å². The van der Waals surface area contributed by atoms with Gasteiger partial charge >= 0.3 is 0 Å². The van der Waals surface area contributed by atoms with Crippen LogP contribution < -0.4 is 5.32 Å². The summed E-state index contributed by atoms with van der Waals surface area (Å²) in [6.45, 7) is 3.41. The maximum Gasteiger partial charge on any atom is 0.159 e. The Labute approximate surface area is 130 Å². The van der Waals surface area contributed by atoms with E-state index in [4.69, 9.17) is 5.26 Å². The highest BCUT2D eigenvalue weighted by Crippen LogP contribution is 2.23. The number of ketones is 1. The lowest BCUT2D eigenvalue weighted by Gasteiger charge is -2.25. The molecule has 22 heavy (non-hydrogen) atoms. The van der Waals surface area contributed by atoms with Gasteiger partial charge in [0.1, 0.15) is 11.7 Å². The molecule has 1 atom stereocenters. The molecule has 112 valence electrons. The third-order valence-electron chi connectivity index (χ3n) is 3.57. The van der Waals surface area contributed by atoms with E-state index in [0.717, 1.165) is 5.56 Å². The first-order valence-electron chi connectivity index (χ1n) is 7.01. The zero-order valence-electron chi connectivity index (χ0n) is 12.6. The molecule has 0 saturated heterocycles. The van der Waals surface area contributed by atoms with Gasteiger partial charge in [-0.1, -0.05) is 30.3 Å². The molecule has 2 aromatic rings. The van der Waals surface area contributed by atoms with Gasteiger partial charge in [-0.15, -0.1) is 0 Å². The summed E-state index contributed by atoms with van der Waals surface area (Å²) in [5.74, 6) is -0.0673. The molecule has 0 aromatic heterocycles. The number of carbonyl (C=O) groups excluding carboxylic acids is 1. The van der Waals surface area contributed by atoms with Crippen LogP contribution in [-0.2, 0) is 5.60 Å². The van der Waals surface area contributed by atoms with Gasteiger partial charge in [0.2, 0.25) is 0 Å². The number of nitrogens with one attached hydrogen (secondary N) is 1. The van der Waals surface area contributed by atoms with E-state index in [1.54, 1.807) is 25.1 Å². The molecule has 2 rings (SSSR count). The van der Waals surface area contributed by atoms with E-state index < -0.39 is 5.60 Å². The van der Waals surface area contributed by atoms with Crippen LogP contribution in [0.25, 0.3) is 0 Å². The minimum Gasteiger partial charge on any atom is -0.384 e. The summed E-state index contributed by atoms with van der Waals surface area (Å²) in [6, 6.07) is 16.3. The van der Waals surface area contributed by atoms with Crippen molar-refractivity contribution in [2.45, 2.75) is 19.4 Å². The van der Waals surface area contributed by atoms with Crippen LogP contribution in [0.1, 0.15) is 35.3 Å². The molecule has 0 radical (unpaired) electrons. The summed E-state index contributed by atoms with van der Waals surface area (Å²) in [7, 11) is 0. The Morgan fingerprint density at radius 3 is 2.55 bits per heavy atom. The van der Waals surface area contributed by atoms with Crippen LogP contribution >= 0.6 is 0 Å². The van der Waals surface area contributed by atoms with Gasteiger partial charge in [0.15, 0.2) is 5.78 Å². The molecule has 4 nitrogen and oxygen atoms in total. The SMILES string of the molecule is CC(=O)c1ccc(C#N)c(NCC(C)(O)c2ccccc2)c1. The highest BCUT2D eigenvalue weighted by molar-refractivity contribution is 5.95. The first-order chi connectivity index (χ1) is 10.4. The van der Waals surface area contributed by atoms with E-state index in [-0.39, 0.29) is 12.3 Å². The molecule has 1 unspecified atom stereocenters. The zero-order chi connectivity index (χ0) is 16.2. The molecule has 2 aromatic carbocycles. The topological polar surface area (TPSA) is 73.1 Å². The zero-order valence-corrected chi connectivity index (χ0v) is 12.6. The predicted octanol–water partition coefficient (Wildman–Crippen LogP) is 3.08. The first kappa shape index (κ1) is 15.7. The Bertz CT molecular complexity index is 716. The van der Waals surface area contributed by atoms with Gasteiger partial charge in [0, 0.05) is 12.1 Å². The first-order valence-corrected chi connectivity index (χ1v) is 7.01. The van der Waals surface area contributed by atoms with E-state index in [1.807, 2.05) is 30.3 Å². The van der Waals surface area contributed by atoms with Crippen molar-refractivity contribution in [2.24, 2.45) is 0 Å². The average Bonchev–Trinajstić information content (AvgIpc) is 2.53. The summed E-state index contributed by atoms with van der Waals surface area (Å²) in [4.78, 5) is 11.5. The summed E-state index contributed by atoms with van der Waals surface area (Å²) < 4.78 is 0. The quantitative estimate of drug-likeness (QED) is 0.831. The van der Waals surface area contributed by atoms with Crippen molar-refractivity contribution < 1.29 is 9.90 Å². The molecule has 0 aliphatic heterocycles. The van der Waals surface area contributed by atoms with Crippen molar-refractivity contribution in [1.29, 1.82) is 5.26 Å². The Morgan fingerprint density at radius 2 is 1.95 bits per heavy atom. The van der Waals surface area contributed by atoms with E-state index in [2.05, 4.69) is 11.4 Å². The van der Waals surface area contributed by atoms with Crippen LogP contribution in [0.5, 0.6) is 0 Å². The van der Waals surface area contributed by atoms with Crippen LogP contribution in [0.3, 0.4) is 0 Å². The number of anilines is 1. The van der Waals surface area contributed by atoms with Crippen molar-refractivity contribution in [3.8, 4) is 6.07 Å². The van der Waals surface area contributed by atoms with E-state index in [0.29, 0.717) is 16.8 Å². The molecule has 0 bridgehead atoms. The standard InChI is InChI=1S/C18H18N2O2/c1-13(21)14-8-9-15(11-19)17(10-14)20-12-18(2,22)16-6-4-3-5-7-16/h3-10,20,22H,12H2,1-2H3. The predicted molar refractivity (Wildman–Crippen MR) is 85.7 cm³/mol. The number of nitriles is 1. The number of rotatable bonds is 5. The fourth-order valence-electron chi connectivity index (χ4n) is 2.17. The molecule has 0 heterocycles. The summed E-state index contributed by atoms with van der Waals surface area (Å²) >= 11 is 0. The van der Waals surface area contributed by atoms with Gasteiger partial charge in [-0.25, -0.2) is 0 Å². The largest absolute Gasteiger partial charge is 0.384 e. The van der Waals surface area contributed by atoms with Gasteiger partial charge in [-0.3, -0.25) is 4.79 Å². The molecule has 0 aliphatic rings. The normalized spacial score (nSPS) is 13.0. The van der Waals surface area contributed by atoms with Crippen molar-refractivity contribution in [3.05, 3.63) is 65.2 Å². The number of hydrogen-bond donors (Lipinski definition) is 2. The third kappa shape index (κ3) is 3.51. The van der Waals surface area contributed by atoms with Gasteiger partial charge < -0.3 is 10.4 Å². The number of Topliss-reactive ketones (excluding diaryl/α,β-unsaturated/α-hetero) is 1. The Kier molecular flexibility index (Phi) is 4.59. The van der Waals surface area contributed by atoms with Gasteiger partial charge in [0.25, 0.3) is 0 Å². The highest BCUT2D eigenvalue weighted by atomic mass is 16.3. The second kappa shape index (κ2) is 6.42. The van der Waals surface area contributed by atoms with E-state index in [9.17, 15) is 9.90 Å². The molecule has 0 amide bonds. The van der Waals surface area contributed by atoms with Gasteiger partial charge in [0.05, 0.1) is 11.3 Å². The van der Waals surface area contributed by atoms with Crippen LogP contribution in [-0.4, -0.2) is 17.4 Å². The van der Waals surface area contributed by atoms with Crippen LogP contribution in [0.2, 0.25) is 0 Å². The Balaban J connectivity index is 2.22. The smallest absolute Gasteiger partial charge is 0.159 e. The molecule has 0 aliphatic carbocycles. The van der Waals surface area contributed by atoms with Crippen molar-refractivity contribution >= 4 is 11.5 Å². The Hall–Kier alpha value is -2.64. The lowest BCUT2D eigenvalue weighted by atomic mass is 9.95. The highest BCUT2D eigenvalue weighted by Gasteiger charge is 2.23. The molecule has 4 heteroatoms. The second-order valence-corrected chi connectivity index (χ2v) is 5.42. The molecule has 0 saturated carbocycles. The lowest BCUT2D eigenvalue weighted by molar-refractivity contribution is 0.0715. The summed E-state index contributed by atoms with van der Waals surface area (Å²) in [5.41, 5.74) is 1.21. The fraction of sp³-hybridized carbons (Fsp3) is 0.222. The van der Waals surface area contributed by atoms with Crippen LogP contribution in [0.15, 0.2) is 48.5 Å².